The van der Waals surface area contributed by atoms with Crippen molar-refractivity contribution >= 4 is 50.6 Å². The SMILES string of the molecule is CC(Oc1ccc(Br)cc1)c1nnc(SCc2csc(-c3ccccc3Cl)n2)n1C. The molecule has 0 spiro atoms. The molecule has 2 aromatic heterocycles. The fourth-order valence-corrected chi connectivity index (χ4v) is 5.17. The van der Waals surface area contributed by atoms with Gasteiger partial charge in [-0.25, -0.2) is 4.98 Å². The Hall–Kier alpha value is -1.87. The minimum absolute atomic E-state index is 0.218. The number of thiazole rings is 1. The van der Waals surface area contributed by atoms with Gasteiger partial charge in [0, 0.05) is 28.2 Å². The maximum Gasteiger partial charge on any atom is 0.191 e. The highest BCUT2D eigenvalue weighted by Crippen LogP contribution is 2.32. The molecule has 0 N–H and O–H groups in total. The molecule has 0 fully saturated rings. The van der Waals surface area contributed by atoms with E-state index >= 15 is 0 Å². The molecule has 0 aliphatic rings. The van der Waals surface area contributed by atoms with Crippen LogP contribution in [0.1, 0.15) is 24.5 Å². The molecular weight excluding hydrogens is 504 g/mol. The molecule has 4 rings (SSSR count). The van der Waals surface area contributed by atoms with Crippen LogP contribution in [0.25, 0.3) is 10.6 Å². The third-order valence-electron chi connectivity index (χ3n) is 4.36. The molecule has 0 bridgehead atoms. The van der Waals surface area contributed by atoms with Gasteiger partial charge in [0.15, 0.2) is 17.1 Å². The molecule has 1 atom stereocenters. The molecule has 0 saturated heterocycles. The zero-order valence-corrected chi connectivity index (χ0v) is 20.2. The Kier molecular flexibility index (Phi) is 6.77. The lowest BCUT2D eigenvalue weighted by atomic mass is 10.2. The van der Waals surface area contributed by atoms with Crippen LogP contribution in [0.15, 0.2) is 63.5 Å². The minimum atomic E-state index is -0.218. The first-order valence-corrected chi connectivity index (χ1v) is 12.2. The predicted octanol–water partition coefficient (Wildman–Crippen LogP) is 6.79. The number of thioether (sulfide) groups is 1. The van der Waals surface area contributed by atoms with Crippen LogP contribution in [-0.4, -0.2) is 19.7 Å². The van der Waals surface area contributed by atoms with Gasteiger partial charge in [-0.3, -0.25) is 0 Å². The van der Waals surface area contributed by atoms with Crippen molar-refractivity contribution in [1.82, 2.24) is 19.7 Å². The van der Waals surface area contributed by atoms with E-state index in [-0.39, 0.29) is 6.10 Å². The van der Waals surface area contributed by atoms with Gasteiger partial charge >= 0.3 is 0 Å². The number of ether oxygens (including phenoxy) is 1. The first-order valence-electron chi connectivity index (χ1n) is 9.15. The number of aromatic nitrogens is 4. The molecular formula is C21H18BrClN4OS2. The normalized spacial score (nSPS) is 12.1. The average molecular weight is 522 g/mol. The number of nitrogens with zero attached hydrogens (tertiary/aromatic N) is 4. The summed E-state index contributed by atoms with van der Waals surface area (Å²) in [5, 5.41) is 13.2. The smallest absolute Gasteiger partial charge is 0.191 e. The van der Waals surface area contributed by atoms with Gasteiger partial charge in [-0.15, -0.1) is 21.5 Å². The van der Waals surface area contributed by atoms with Gasteiger partial charge in [0.2, 0.25) is 0 Å². The standard InChI is InChI=1S/C21H18BrClN4OS2/c1-13(28-16-9-7-14(22)8-10-16)19-25-26-21(27(19)2)30-12-15-11-29-20(24-15)17-5-3-4-6-18(17)23/h3-11,13H,12H2,1-2H3. The van der Waals surface area contributed by atoms with Gasteiger partial charge in [-0.1, -0.05) is 57.5 Å². The van der Waals surface area contributed by atoms with Crippen molar-refractivity contribution in [2.24, 2.45) is 7.05 Å². The van der Waals surface area contributed by atoms with Crippen molar-refractivity contribution in [3.63, 3.8) is 0 Å². The van der Waals surface area contributed by atoms with Gasteiger partial charge < -0.3 is 9.30 Å². The summed E-state index contributed by atoms with van der Waals surface area (Å²) in [6.07, 6.45) is -0.218. The van der Waals surface area contributed by atoms with Crippen molar-refractivity contribution < 1.29 is 4.74 Å². The maximum atomic E-state index is 6.29. The van der Waals surface area contributed by atoms with E-state index in [0.29, 0.717) is 10.8 Å². The summed E-state index contributed by atoms with van der Waals surface area (Å²) in [5.74, 6) is 2.27. The maximum absolute atomic E-state index is 6.29. The predicted molar refractivity (Wildman–Crippen MR) is 126 cm³/mol. The van der Waals surface area contributed by atoms with Crippen LogP contribution in [0, 0.1) is 0 Å². The largest absolute Gasteiger partial charge is 0.483 e. The summed E-state index contributed by atoms with van der Waals surface area (Å²) < 4.78 is 8.98. The van der Waals surface area contributed by atoms with E-state index in [4.69, 9.17) is 21.3 Å². The van der Waals surface area contributed by atoms with Gasteiger partial charge in [-0.05, 0) is 37.3 Å². The summed E-state index contributed by atoms with van der Waals surface area (Å²) in [6.45, 7) is 1.97. The quantitative estimate of drug-likeness (QED) is 0.251. The Morgan fingerprint density at radius 1 is 1.17 bits per heavy atom. The molecule has 0 aliphatic heterocycles. The van der Waals surface area contributed by atoms with Crippen LogP contribution in [0.2, 0.25) is 5.02 Å². The zero-order chi connectivity index (χ0) is 21.1. The molecule has 30 heavy (non-hydrogen) atoms. The van der Waals surface area contributed by atoms with E-state index in [2.05, 4.69) is 31.5 Å². The fourth-order valence-electron chi connectivity index (χ4n) is 2.85. The summed E-state index contributed by atoms with van der Waals surface area (Å²) in [5.41, 5.74) is 1.95. The van der Waals surface area contributed by atoms with Crippen LogP contribution in [0.5, 0.6) is 5.75 Å². The van der Waals surface area contributed by atoms with Gasteiger partial charge in [0.25, 0.3) is 0 Å². The lowest BCUT2D eigenvalue weighted by Gasteiger charge is -2.14. The molecule has 2 aromatic carbocycles. The van der Waals surface area contributed by atoms with Crippen molar-refractivity contribution in [2.45, 2.75) is 23.9 Å². The zero-order valence-electron chi connectivity index (χ0n) is 16.3. The third-order valence-corrected chi connectivity index (χ3v) is 7.20. The van der Waals surface area contributed by atoms with Crippen LogP contribution in [0.3, 0.4) is 0 Å². The average Bonchev–Trinajstić information content (AvgIpc) is 3.35. The van der Waals surface area contributed by atoms with Gasteiger partial charge in [0.05, 0.1) is 10.7 Å². The highest BCUT2D eigenvalue weighted by molar-refractivity contribution is 9.10. The van der Waals surface area contributed by atoms with E-state index < -0.39 is 0 Å². The number of hydrogen-bond acceptors (Lipinski definition) is 6. The van der Waals surface area contributed by atoms with Crippen LogP contribution >= 0.6 is 50.6 Å². The van der Waals surface area contributed by atoms with E-state index in [1.54, 1.807) is 23.1 Å². The Morgan fingerprint density at radius 3 is 2.70 bits per heavy atom. The first-order chi connectivity index (χ1) is 14.5. The highest BCUT2D eigenvalue weighted by Gasteiger charge is 2.18. The Bertz CT molecular complexity index is 1150. The first kappa shape index (κ1) is 21.4. The second-order valence-corrected chi connectivity index (χ2v) is 9.65. The number of benzene rings is 2. The van der Waals surface area contributed by atoms with Crippen LogP contribution in [0.4, 0.5) is 0 Å². The van der Waals surface area contributed by atoms with E-state index in [1.807, 2.05) is 67.1 Å². The lowest BCUT2D eigenvalue weighted by molar-refractivity contribution is 0.211. The van der Waals surface area contributed by atoms with Crippen LogP contribution < -0.4 is 4.74 Å². The molecule has 4 aromatic rings. The number of rotatable bonds is 7. The summed E-state index contributed by atoms with van der Waals surface area (Å²) >= 11 is 12.9. The second kappa shape index (κ2) is 9.51. The number of hydrogen-bond donors (Lipinski definition) is 0. The topological polar surface area (TPSA) is 52.8 Å². The van der Waals surface area contributed by atoms with Crippen LogP contribution in [-0.2, 0) is 12.8 Å². The van der Waals surface area contributed by atoms with E-state index in [0.717, 1.165) is 37.5 Å². The molecule has 0 aliphatic carbocycles. The summed E-state index contributed by atoms with van der Waals surface area (Å²) in [4.78, 5) is 4.72. The summed E-state index contributed by atoms with van der Waals surface area (Å²) in [6, 6.07) is 15.5. The molecule has 0 radical (unpaired) electrons. The molecule has 0 saturated carbocycles. The minimum Gasteiger partial charge on any atom is -0.483 e. The number of halogens is 2. The molecule has 2 heterocycles. The third kappa shape index (κ3) is 4.88. The Balaban J connectivity index is 1.41. The Labute approximate surface area is 196 Å². The van der Waals surface area contributed by atoms with Crippen molar-refractivity contribution in [3.05, 3.63) is 74.9 Å². The molecule has 0 amide bonds. The van der Waals surface area contributed by atoms with E-state index in [9.17, 15) is 0 Å². The van der Waals surface area contributed by atoms with Crippen molar-refractivity contribution in [3.8, 4) is 16.3 Å². The monoisotopic (exact) mass is 520 g/mol. The van der Waals surface area contributed by atoms with Gasteiger partial charge in [-0.2, -0.15) is 0 Å². The fraction of sp³-hybridized carbons (Fsp3) is 0.190. The second-order valence-electron chi connectivity index (χ2n) is 6.53. The highest BCUT2D eigenvalue weighted by atomic mass is 79.9. The molecule has 5 nitrogen and oxygen atoms in total. The van der Waals surface area contributed by atoms with Crippen molar-refractivity contribution in [2.75, 3.05) is 0 Å². The Morgan fingerprint density at radius 2 is 1.93 bits per heavy atom. The van der Waals surface area contributed by atoms with E-state index in [1.165, 1.54) is 0 Å². The van der Waals surface area contributed by atoms with Gasteiger partial charge in [0.1, 0.15) is 10.8 Å². The molecule has 9 heteroatoms. The molecule has 1 unspecified atom stereocenters. The summed E-state index contributed by atoms with van der Waals surface area (Å²) in [7, 11) is 1.95. The van der Waals surface area contributed by atoms with Crippen molar-refractivity contribution in [1.29, 1.82) is 0 Å². The lowest BCUT2D eigenvalue weighted by Crippen LogP contribution is -2.10. The molecule has 154 valence electrons.